The van der Waals surface area contributed by atoms with Crippen LogP contribution in [0.25, 0.3) is 11.3 Å². The number of nitrogens with one attached hydrogen (secondary N) is 1. The first kappa shape index (κ1) is 19.9. The van der Waals surface area contributed by atoms with Gasteiger partial charge in [-0.1, -0.05) is 6.07 Å². The lowest BCUT2D eigenvalue weighted by atomic mass is 10.1. The maximum absolute atomic E-state index is 13.1. The molecule has 0 aliphatic heterocycles. The average molecular weight is 396 g/mol. The monoisotopic (exact) mass is 396 g/mol. The largest absolute Gasteiger partial charge is 0.350 e. The van der Waals surface area contributed by atoms with Crippen molar-refractivity contribution in [3.05, 3.63) is 92.0 Å². The molecule has 0 spiro atoms. The molecule has 2 aromatic carbocycles. The summed E-state index contributed by atoms with van der Waals surface area (Å²) in [6, 6.07) is 12.9. The van der Waals surface area contributed by atoms with Gasteiger partial charge in [0.25, 0.3) is 17.2 Å². The topological polar surface area (TPSA) is 107 Å². The van der Waals surface area contributed by atoms with E-state index < -0.39 is 10.8 Å². The Balaban J connectivity index is 1.71. The number of nitro benzene ring substituents is 1. The molecule has 0 bridgehead atoms. The normalized spacial score (nSPS) is 10.6. The number of carbonyl (C=O) groups excluding carboxylic acids is 1. The van der Waals surface area contributed by atoms with Gasteiger partial charge in [0.2, 0.25) is 0 Å². The number of rotatable bonds is 6. The quantitative estimate of drug-likeness (QED) is 0.509. The second-order valence-electron chi connectivity index (χ2n) is 6.25. The van der Waals surface area contributed by atoms with Gasteiger partial charge in [-0.3, -0.25) is 19.7 Å². The minimum absolute atomic E-state index is 0.0980. The highest BCUT2D eigenvalue weighted by Crippen LogP contribution is 2.21. The van der Waals surface area contributed by atoms with Gasteiger partial charge in [0.15, 0.2) is 0 Å². The summed E-state index contributed by atoms with van der Waals surface area (Å²) in [4.78, 5) is 34.9. The fraction of sp³-hybridized carbons (Fsp3) is 0.150. The molecule has 9 heteroatoms. The molecule has 0 aliphatic carbocycles. The van der Waals surface area contributed by atoms with Crippen LogP contribution in [0, 0.1) is 22.9 Å². The van der Waals surface area contributed by atoms with E-state index in [4.69, 9.17) is 0 Å². The van der Waals surface area contributed by atoms with Crippen LogP contribution < -0.4 is 10.9 Å². The maximum atomic E-state index is 13.1. The van der Waals surface area contributed by atoms with Gasteiger partial charge in [0, 0.05) is 35.4 Å². The Bertz CT molecular complexity index is 1130. The Morgan fingerprint density at radius 3 is 2.59 bits per heavy atom. The first-order chi connectivity index (χ1) is 13.9. The molecular weight excluding hydrogens is 379 g/mol. The molecule has 1 heterocycles. The lowest BCUT2D eigenvalue weighted by Crippen LogP contribution is -2.32. The van der Waals surface area contributed by atoms with Crippen molar-refractivity contribution in [2.75, 3.05) is 6.54 Å². The predicted molar refractivity (Wildman–Crippen MR) is 104 cm³/mol. The first-order valence-electron chi connectivity index (χ1n) is 8.73. The number of nitro groups is 1. The number of nitrogens with zero attached hydrogens (tertiary/aromatic N) is 3. The molecule has 1 aromatic heterocycles. The van der Waals surface area contributed by atoms with E-state index in [1.165, 1.54) is 54.1 Å². The molecule has 0 fully saturated rings. The third-order valence-corrected chi connectivity index (χ3v) is 4.36. The van der Waals surface area contributed by atoms with E-state index in [-0.39, 0.29) is 41.3 Å². The number of aromatic nitrogens is 2. The summed E-state index contributed by atoms with van der Waals surface area (Å²) in [5.74, 6) is -0.852. The smallest absolute Gasteiger partial charge is 0.273 e. The highest BCUT2D eigenvalue weighted by Gasteiger charge is 2.17. The van der Waals surface area contributed by atoms with Gasteiger partial charge in [-0.2, -0.15) is 5.10 Å². The number of benzene rings is 2. The Morgan fingerprint density at radius 2 is 1.90 bits per heavy atom. The Kier molecular flexibility index (Phi) is 5.77. The lowest BCUT2D eigenvalue weighted by Gasteiger charge is -2.10. The van der Waals surface area contributed by atoms with Crippen molar-refractivity contribution < 1.29 is 14.1 Å². The molecule has 1 amide bonds. The van der Waals surface area contributed by atoms with Crippen molar-refractivity contribution in [1.82, 2.24) is 15.1 Å². The van der Waals surface area contributed by atoms with E-state index in [9.17, 15) is 24.1 Å². The van der Waals surface area contributed by atoms with Gasteiger partial charge in [-0.15, -0.1) is 0 Å². The summed E-state index contributed by atoms with van der Waals surface area (Å²) < 4.78 is 14.3. The highest BCUT2D eigenvalue weighted by atomic mass is 19.1. The van der Waals surface area contributed by atoms with Gasteiger partial charge in [0.1, 0.15) is 5.82 Å². The van der Waals surface area contributed by atoms with Crippen LogP contribution in [0.1, 0.15) is 15.9 Å². The van der Waals surface area contributed by atoms with Crippen molar-refractivity contribution >= 4 is 11.6 Å². The van der Waals surface area contributed by atoms with E-state index in [0.717, 1.165) is 0 Å². The summed E-state index contributed by atoms with van der Waals surface area (Å²) in [5, 5.41) is 17.9. The van der Waals surface area contributed by atoms with Crippen molar-refractivity contribution in [3.63, 3.8) is 0 Å². The zero-order valence-corrected chi connectivity index (χ0v) is 15.5. The summed E-state index contributed by atoms with van der Waals surface area (Å²) in [5.41, 5.74) is 1.12. The Morgan fingerprint density at radius 1 is 1.17 bits per heavy atom. The van der Waals surface area contributed by atoms with Gasteiger partial charge in [-0.05, 0) is 43.3 Å². The molecule has 0 aliphatic rings. The summed E-state index contributed by atoms with van der Waals surface area (Å²) in [7, 11) is 0. The standard InChI is InChI=1S/C20H17FN4O4/c1-13-16(3-2-4-18(13)25(28)29)20(27)22-11-12-24-19(26)10-9-17(23-24)14-5-7-15(21)8-6-14/h2-10H,11-12H2,1H3,(H,22,27). The van der Waals surface area contributed by atoms with Crippen LogP contribution in [-0.4, -0.2) is 27.2 Å². The molecule has 29 heavy (non-hydrogen) atoms. The Labute approximate surface area is 164 Å². The molecule has 1 N–H and O–H groups in total. The minimum atomic E-state index is -0.545. The fourth-order valence-electron chi connectivity index (χ4n) is 2.82. The van der Waals surface area contributed by atoms with Crippen LogP contribution in [0.4, 0.5) is 10.1 Å². The number of halogens is 1. The number of amides is 1. The zero-order chi connectivity index (χ0) is 21.0. The van der Waals surface area contributed by atoms with Gasteiger partial charge in [0.05, 0.1) is 17.2 Å². The van der Waals surface area contributed by atoms with Crippen molar-refractivity contribution in [2.24, 2.45) is 0 Å². The van der Waals surface area contributed by atoms with E-state index in [1.54, 1.807) is 12.1 Å². The second-order valence-corrected chi connectivity index (χ2v) is 6.25. The van der Waals surface area contributed by atoms with Crippen LogP contribution in [0.5, 0.6) is 0 Å². The summed E-state index contributed by atoms with van der Waals surface area (Å²) in [6.45, 7) is 1.71. The molecule has 0 atom stereocenters. The van der Waals surface area contributed by atoms with Crippen LogP contribution in [0.2, 0.25) is 0 Å². The number of carbonyl (C=O) groups is 1. The van der Waals surface area contributed by atoms with Crippen molar-refractivity contribution in [1.29, 1.82) is 0 Å². The molecule has 0 radical (unpaired) electrons. The van der Waals surface area contributed by atoms with Gasteiger partial charge in [-0.25, -0.2) is 9.07 Å². The van der Waals surface area contributed by atoms with E-state index in [2.05, 4.69) is 10.4 Å². The Hall–Kier alpha value is -3.88. The molecule has 148 valence electrons. The average Bonchev–Trinajstić information content (AvgIpc) is 2.70. The molecule has 0 saturated carbocycles. The van der Waals surface area contributed by atoms with Crippen LogP contribution in [0.15, 0.2) is 59.4 Å². The van der Waals surface area contributed by atoms with Crippen molar-refractivity contribution in [2.45, 2.75) is 13.5 Å². The maximum Gasteiger partial charge on any atom is 0.273 e. The SMILES string of the molecule is Cc1c(C(=O)NCCn2nc(-c3ccc(F)cc3)ccc2=O)cccc1[N+](=O)[O-]. The summed E-state index contributed by atoms with van der Waals surface area (Å²) in [6.07, 6.45) is 0. The first-order valence-corrected chi connectivity index (χ1v) is 8.73. The zero-order valence-electron chi connectivity index (χ0n) is 15.5. The van der Waals surface area contributed by atoms with Crippen LogP contribution in [-0.2, 0) is 6.54 Å². The minimum Gasteiger partial charge on any atom is -0.350 e. The van der Waals surface area contributed by atoms with E-state index >= 15 is 0 Å². The molecular formula is C20H17FN4O4. The van der Waals surface area contributed by atoms with Crippen molar-refractivity contribution in [3.8, 4) is 11.3 Å². The second kappa shape index (κ2) is 8.42. The highest BCUT2D eigenvalue weighted by molar-refractivity contribution is 5.96. The van der Waals surface area contributed by atoms with Gasteiger partial charge >= 0.3 is 0 Å². The third kappa shape index (κ3) is 4.52. The van der Waals surface area contributed by atoms with E-state index in [0.29, 0.717) is 11.3 Å². The number of hydrogen-bond acceptors (Lipinski definition) is 5. The van der Waals surface area contributed by atoms with Gasteiger partial charge < -0.3 is 5.32 Å². The predicted octanol–water partition coefficient (Wildman–Crippen LogP) is 2.70. The molecule has 3 rings (SSSR count). The number of hydrogen-bond donors (Lipinski definition) is 1. The van der Waals surface area contributed by atoms with Crippen LogP contribution in [0.3, 0.4) is 0 Å². The summed E-state index contributed by atoms with van der Waals surface area (Å²) >= 11 is 0. The molecule has 0 unspecified atom stereocenters. The molecule has 0 saturated heterocycles. The lowest BCUT2D eigenvalue weighted by molar-refractivity contribution is -0.385. The fourth-order valence-corrected chi connectivity index (χ4v) is 2.82. The third-order valence-electron chi connectivity index (χ3n) is 4.36. The van der Waals surface area contributed by atoms with E-state index in [1.807, 2.05) is 0 Å². The van der Waals surface area contributed by atoms with Crippen LogP contribution >= 0.6 is 0 Å². The molecule has 3 aromatic rings. The molecule has 8 nitrogen and oxygen atoms in total.